The Labute approximate surface area is 123 Å². The zero-order valence-corrected chi connectivity index (χ0v) is 12.4. The molecule has 114 valence electrons. The van der Waals surface area contributed by atoms with Crippen molar-refractivity contribution in [2.24, 2.45) is 0 Å². The van der Waals surface area contributed by atoms with Crippen LogP contribution in [0, 0.1) is 0 Å². The molecule has 0 atom stereocenters. The van der Waals surface area contributed by atoms with Gasteiger partial charge in [-0.2, -0.15) is 5.10 Å². The number of hydrogen-bond acceptors (Lipinski definition) is 5. The van der Waals surface area contributed by atoms with Gasteiger partial charge in [0.1, 0.15) is 12.4 Å². The van der Waals surface area contributed by atoms with E-state index in [0.29, 0.717) is 18.0 Å². The third-order valence-corrected chi connectivity index (χ3v) is 4.10. The second-order valence-electron chi connectivity index (χ2n) is 4.23. The van der Waals surface area contributed by atoms with E-state index in [4.69, 9.17) is 9.84 Å². The molecule has 8 heteroatoms. The minimum Gasteiger partial charge on any atom is -0.491 e. The van der Waals surface area contributed by atoms with E-state index in [1.54, 1.807) is 23.0 Å². The molecular weight excluding hydrogens is 294 g/mol. The maximum Gasteiger partial charge on any atom is 0.261 e. The predicted molar refractivity (Wildman–Crippen MR) is 77.7 cm³/mol. The second kappa shape index (κ2) is 6.59. The lowest BCUT2D eigenvalue weighted by atomic mass is 10.3. The monoisotopic (exact) mass is 311 g/mol. The number of sulfonamides is 1. The molecule has 7 nitrogen and oxygen atoms in total. The van der Waals surface area contributed by atoms with E-state index in [-0.39, 0.29) is 18.1 Å². The van der Waals surface area contributed by atoms with Crippen LogP contribution in [-0.2, 0) is 16.6 Å². The molecule has 0 bridgehead atoms. The largest absolute Gasteiger partial charge is 0.491 e. The van der Waals surface area contributed by atoms with E-state index in [9.17, 15) is 8.42 Å². The van der Waals surface area contributed by atoms with E-state index in [2.05, 4.69) is 9.82 Å². The number of nitrogens with one attached hydrogen (secondary N) is 1. The van der Waals surface area contributed by atoms with Crippen molar-refractivity contribution in [3.8, 4) is 5.75 Å². The average molecular weight is 311 g/mol. The molecule has 0 spiro atoms. The van der Waals surface area contributed by atoms with Crippen molar-refractivity contribution in [1.82, 2.24) is 9.78 Å². The number of aliphatic hydroxyl groups is 1. The molecule has 0 saturated heterocycles. The van der Waals surface area contributed by atoms with Crippen LogP contribution in [0.1, 0.15) is 6.92 Å². The summed E-state index contributed by atoms with van der Waals surface area (Å²) in [6.45, 7) is 2.65. The van der Waals surface area contributed by atoms with Crippen LogP contribution in [0.5, 0.6) is 5.75 Å². The van der Waals surface area contributed by atoms with Gasteiger partial charge < -0.3 is 9.84 Å². The lowest BCUT2D eigenvalue weighted by molar-refractivity contribution is 0.201. The molecular formula is C13H17N3O4S. The summed E-state index contributed by atoms with van der Waals surface area (Å²) in [5.74, 6) is 0.502. The van der Waals surface area contributed by atoms with Crippen molar-refractivity contribution in [1.29, 1.82) is 0 Å². The summed E-state index contributed by atoms with van der Waals surface area (Å²) >= 11 is 0. The van der Waals surface area contributed by atoms with Crippen LogP contribution in [0.15, 0.2) is 41.6 Å². The summed E-state index contributed by atoms with van der Waals surface area (Å²) in [5, 5.41) is 12.7. The van der Waals surface area contributed by atoms with Gasteiger partial charge in [0.15, 0.2) is 0 Å². The van der Waals surface area contributed by atoms with Gasteiger partial charge in [0.2, 0.25) is 0 Å². The number of benzene rings is 1. The molecule has 2 aromatic rings. The SMILES string of the molecule is CCn1cc(NS(=O)(=O)c2ccc(OCCO)cc2)cn1. The van der Waals surface area contributed by atoms with Crippen molar-refractivity contribution in [2.75, 3.05) is 17.9 Å². The van der Waals surface area contributed by atoms with Crippen LogP contribution in [0.3, 0.4) is 0 Å². The Hall–Kier alpha value is -2.06. The molecule has 0 saturated carbocycles. The zero-order chi connectivity index (χ0) is 15.3. The van der Waals surface area contributed by atoms with E-state index in [1.165, 1.54) is 18.3 Å². The molecule has 1 heterocycles. The van der Waals surface area contributed by atoms with Gasteiger partial charge in [-0.3, -0.25) is 9.40 Å². The smallest absolute Gasteiger partial charge is 0.261 e. The molecule has 0 radical (unpaired) electrons. The van der Waals surface area contributed by atoms with Crippen LogP contribution in [0.4, 0.5) is 5.69 Å². The minimum atomic E-state index is -3.65. The van der Waals surface area contributed by atoms with Crippen LogP contribution in [0.25, 0.3) is 0 Å². The molecule has 2 rings (SSSR count). The maximum atomic E-state index is 12.2. The normalized spacial score (nSPS) is 11.3. The first-order valence-corrected chi connectivity index (χ1v) is 7.92. The fourth-order valence-corrected chi connectivity index (χ4v) is 2.71. The number of aromatic nitrogens is 2. The standard InChI is InChI=1S/C13H17N3O4S/c1-2-16-10-11(9-14-16)15-21(18,19)13-5-3-12(4-6-13)20-8-7-17/h3-6,9-10,15,17H,2,7-8H2,1H3. The lowest BCUT2D eigenvalue weighted by Gasteiger charge is -2.07. The number of aliphatic hydroxyl groups excluding tert-OH is 1. The minimum absolute atomic E-state index is 0.0942. The van der Waals surface area contributed by atoms with Gasteiger partial charge in [-0.05, 0) is 31.2 Å². The Balaban J connectivity index is 2.11. The molecule has 21 heavy (non-hydrogen) atoms. The Kier molecular flexibility index (Phi) is 4.81. The third kappa shape index (κ3) is 3.96. The summed E-state index contributed by atoms with van der Waals surface area (Å²) in [6, 6.07) is 5.97. The van der Waals surface area contributed by atoms with Gasteiger partial charge in [-0.1, -0.05) is 0 Å². The highest BCUT2D eigenvalue weighted by Gasteiger charge is 2.15. The van der Waals surface area contributed by atoms with Crippen LogP contribution >= 0.6 is 0 Å². The molecule has 0 unspecified atom stereocenters. The highest BCUT2D eigenvalue weighted by atomic mass is 32.2. The Morgan fingerprint density at radius 3 is 2.62 bits per heavy atom. The first kappa shape index (κ1) is 15.3. The van der Waals surface area contributed by atoms with Crippen molar-refractivity contribution in [3.05, 3.63) is 36.7 Å². The zero-order valence-electron chi connectivity index (χ0n) is 11.6. The highest BCUT2D eigenvalue weighted by Crippen LogP contribution is 2.19. The fourth-order valence-electron chi connectivity index (χ4n) is 1.68. The van der Waals surface area contributed by atoms with Gasteiger partial charge in [0.25, 0.3) is 10.0 Å². The number of hydrogen-bond donors (Lipinski definition) is 2. The fraction of sp³-hybridized carbons (Fsp3) is 0.308. The molecule has 1 aromatic carbocycles. The topological polar surface area (TPSA) is 93.5 Å². The summed E-state index contributed by atoms with van der Waals surface area (Å²) < 4.78 is 33.7. The second-order valence-corrected chi connectivity index (χ2v) is 5.92. The molecule has 1 aromatic heterocycles. The quantitative estimate of drug-likeness (QED) is 0.798. The average Bonchev–Trinajstić information content (AvgIpc) is 2.92. The van der Waals surface area contributed by atoms with Gasteiger partial charge in [-0.25, -0.2) is 8.42 Å². The van der Waals surface area contributed by atoms with Crippen molar-refractivity contribution in [3.63, 3.8) is 0 Å². The molecule has 2 N–H and O–H groups in total. The van der Waals surface area contributed by atoms with Crippen molar-refractivity contribution in [2.45, 2.75) is 18.4 Å². The van der Waals surface area contributed by atoms with Crippen LogP contribution < -0.4 is 9.46 Å². The van der Waals surface area contributed by atoms with Crippen molar-refractivity contribution < 1.29 is 18.3 Å². The summed E-state index contributed by atoms with van der Waals surface area (Å²) in [6.07, 6.45) is 3.08. The van der Waals surface area contributed by atoms with E-state index < -0.39 is 10.0 Å². The lowest BCUT2D eigenvalue weighted by Crippen LogP contribution is -2.12. The highest BCUT2D eigenvalue weighted by molar-refractivity contribution is 7.92. The van der Waals surface area contributed by atoms with E-state index >= 15 is 0 Å². The van der Waals surface area contributed by atoms with Gasteiger partial charge in [-0.15, -0.1) is 0 Å². The number of aryl methyl sites for hydroxylation is 1. The molecule has 0 amide bonds. The van der Waals surface area contributed by atoms with Gasteiger partial charge >= 0.3 is 0 Å². The Morgan fingerprint density at radius 2 is 2.05 bits per heavy atom. The van der Waals surface area contributed by atoms with E-state index in [1.807, 2.05) is 6.92 Å². The Morgan fingerprint density at radius 1 is 1.33 bits per heavy atom. The molecule has 0 aliphatic rings. The molecule has 0 aliphatic carbocycles. The first-order valence-electron chi connectivity index (χ1n) is 6.44. The van der Waals surface area contributed by atoms with Crippen molar-refractivity contribution >= 4 is 15.7 Å². The van der Waals surface area contributed by atoms with Crippen LogP contribution in [-0.4, -0.2) is 36.5 Å². The molecule has 0 fully saturated rings. The van der Waals surface area contributed by atoms with Gasteiger partial charge in [0.05, 0.1) is 23.4 Å². The number of nitrogens with zero attached hydrogens (tertiary/aromatic N) is 2. The maximum absolute atomic E-state index is 12.2. The number of anilines is 1. The summed E-state index contributed by atoms with van der Waals surface area (Å²) in [4.78, 5) is 0.128. The summed E-state index contributed by atoms with van der Waals surface area (Å²) in [5.41, 5.74) is 0.414. The Bertz CT molecular complexity index is 680. The van der Waals surface area contributed by atoms with E-state index in [0.717, 1.165) is 0 Å². The third-order valence-electron chi connectivity index (χ3n) is 2.70. The number of ether oxygens (including phenoxy) is 1. The molecule has 0 aliphatic heterocycles. The number of rotatable bonds is 7. The van der Waals surface area contributed by atoms with Gasteiger partial charge in [0, 0.05) is 12.7 Å². The summed E-state index contributed by atoms with van der Waals surface area (Å²) in [7, 11) is -3.65. The first-order chi connectivity index (χ1) is 10.0. The van der Waals surface area contributed by atoms with Crippen LogP contribution in [0.2, 0.25) is 0 Å². The predicted octanol–water partition coefficient (Wildman–Crippen LogP) is 1.07.